The molecular weight excluding hydrogens is 332 g/mol. The number of nitrogens with one attached hydrogen (secondary N) is 2. The van der Waals surface area contributed by atoms with Crippen LogP contribution in [-0.2, 0) is 0 Å². The van der Waals surface area contributed by atoms with Gasteiger partial charge in [0.1, 0.15) is 10.7 Å². The molecule has 0 spiro atoms. The fourth-order valence-electron chi connectivity index (χ4n) is 2.96. The first kappa shape index (κ1) is 16.3. The van der Waals surface area contributed by atoms with E-state index in [9.17, 15) is 4.79 Å². The Labute approximate surface area is 150 Å². The van der Waals surface area contributed by atoms with Gasteiger partial charge >= 0.3 is 0 Å². The van der Waals surface area contributed by atoms with Crippen molar-refractivity contribution in [1.82, 2.24) is 20.3 Å². The lowest BCUT2D eigenvalue weighted by Crippen LogP contribution is -2.32. The number of nitrogens with zero attached hydrogens (tertiary/aromatic N) is 2. The first-order chi connectivity index (χ1) is 12.2. The van der Waals surface area contributed by atoms with Gasteiger partial charge in [-0.2, -0.15) is 0 Å². The monoisotopic (exact) mass is 354 g/mol. The van der Waals surface area contributed by atoms with Crippen molar-refractivity contribution in [1.29, 1.82) is 0 Å². The summed E-state index contributed by atoms with van der Waals surface area (Å²) in [5.41, 5.74) is 1.92. The van der Waals surface area contributed by atoms with Gasteiger partial charge < -0.3 is 10.3 Å². The van der Waals surface area contributed by atoms with E-state index in [1.165, 1.54) is 24.2 Å². The molecule has 2 aromatic heterocycles. The number of aromatic amines is 1. The number of hydrogen-bond donors (Lipinski definition) is 2. The van der Waals surface area contributed by atoms with E-state index < -0.39 is 0 Å². The molecule has 2 heterocycles. The number of hydrogen-bond acceptors (Lipinski definition) is 4. The SMILES string of the molecule is CCC(C)C(NC(=O)c1cnc(C2CC2)s1)c1nc2ccccc2[nH]1. The van der Waals surface area contributed by atoms with Gasteiger partial charge in [-0.05, 0) is 30.9 Å². The van der Waals surface area contributed by atoms with E-state index in [4.69, 9.17) is 0 Å². The van der Waals surface area contributed by atoms with Crippen LogP contribution >= 0.6 is 11.3 Å². The van der Waals surface area contributed by atoms with Crippen LogP contribution in [0.2, 0.25) is 0 Å². The molecule has 1 fully saturated rings. The van der Waals surface area contributed by atoms with E-state index in [0.717, 1.165) is 28.3 Å². The molecule has 0 aliphatic heterocycles. The van der Waals surface area contributed by atoms with Crippen molar-refractivity contribution >= 4 is 28.3 Å². The molecule has 2 atom stereocenters. The Kier molecular flexibility index (Phi) is 4.29. The first-order valence-corrected chi connectivity index (χ1v) is 9.68. The summed E-state index contributed by atoms with van der Waals surface area (Å²) in [5.74, 6) is 1.61. The Morgan fingerprint density at radius 3 is 2.92 bits per heavy atom. The van der Waals surface area contributed by atoms with Crippen LogP contribution < -0.4 is 5.32 Å². The molecule has 4 rings (SSSR count). The average Bonchev–Trinajstić information content (AvgIpc) is 3.20. The standard InChI is InChI=1S/C19H22N4OS/c1-3-11(2)16(17-21-13-6-4-5-7-14(13)22-17)23-18(24)15-10-20-19(25-15)12-8-9-12/h4-7,10-12,16H,3,8-9H2,1-2H3,(H,21,22)(H,23,24). The number of H-pyrrole nitrogens is 1. The van der Waals surface area contributed by atoms with Gasteiger partial charge in [0.05, 0.1) is 28.3 Å². The maximum atomic E-state index is 12.7. The third kappa shape index (κ3) is 3.31. The molecular formula is C19H22N4OS. The predicted octanol–water partition coefficient (Wildman–Crippen LogP) is 4.41. The zero-order valence-electron chi connectivity index (χ0n) is 14.5. The minimum absolute atomic E-state index is 0.0600. The highest BCUT2D eigenvalue weighted by atomic mass is 32.1. The van der Waals surface area contributed by atoms with Crippen molar-refractivity contribution in [3.05, 3.63) is 46.2 Å². The van der Waals surface area contributed by atoms with Crippen molar-refractivity contribution in [2.24, 2.45) is 5.92 Å². The van der Waals surface area contributed by atoms with Crippen LogP contribution in [0.1, 0.15) is 65.6 Å². The number of carbonyl (C=O) groups is 1. The van der Waals surface area contributed by atoms with Gasteiger partial charge in [-0.1, -0.05) is 32.4 Å². The molecule has 2 unspecified atom stereocenters. The normalized spacial score (nSPS) is 16.7. The van der Waals surface area contributed by atoms with Gasteiger partial charge in [0.15, 0.2) is 0 Å². The Balaban J connectivity index is 1.58. The van der Waals surface area contributed by atoms with Crippen LogP contribution in [0.3, 0.4) is 0 Å². The number of aromatic nitrogens is 3. The third-order valence-corrected chi connectivity index (χ3v) is 6.03. The van der Waals surface area contributed by atoms with Crippen molar-refractivity contribution in [3.63, 3.8) is 0 Å². The van der Waals surface area contributed by atoms with Crippen molar-refractivity contribution in [2.75, 3.05) is 0 Å². The van der Waals surface area contributed by atoms with Crippen LogP contribution in [0.25, 0.3) is 11.0 Å². The van der Waals surface area contributed by atoms with Gasteiger partial charge in [-0.15, -0.1) is 11.3 Å². The highest BCUT2D eigenvalue weighted by Crippen LogP contribution is 2.41. The van der Waals surface area contributed by atoms with Crippen LogP contribution in [-0.4, -0.2) is 20.9 Å². The Morgan fingerprint density at radius 1 is 1.40 bits per heavy atom. The van der Waals surface area contributed by atoms with Crippen molar-refractivity contribution in [2.45, 2.75) is 45.1 Å². The molecule has 6 heteroatoms. The Morgan fingerprint density at radius 2 is 2.20 bits per heavy atom. The summed E-state index contributed by atoms with van der Waals surface area (Å²) in [7, 11) is 0. The lowest BCUT2D eigenvalue weighted by Gasteiger charge is -2.22. The molecule has 25 heavy (non-hydrogen) atoms. The molecule has 130 valence electrons. The van der Waals surface area contributed by atoms with Crippen LogP contribution in [0.5, 0.6) is 0 Å². The molecule has 1 aliphatic carbocycles. The van der Waals surface area contributed by atoms with Gasteiger partial charge in [-0.3, -0.25) is 4.79 Å². The number of para-hydroxylation sites is 2. The van der Waals surface area contributed by atoms with Gasteiger partial charge in [-0.25, -0.2) is 9.97 Å². The summed E-state index contributed by atoms with van der Waals surface area (Å²) in [6, 6.07) is 7.80. The highest BCUT2D eigenvalue weighted by molar-refractivity contribution is 7.13. The molecule has 0 bridgehead atoms. The first-order valence-electron chi connectivity index (χ1n) is 8.87. The molecule has 1 aliphatic rings. The van der Waals surface area contributed by atoms with E-state index in [-0.39, 0.29) is 17.9 Å². The van der Waals surface area contributed by atoms with E-state index >= 15 is 0 Å². The number of benzene rings is 1. The maximum absolute atomic E-state index is 12.7. The molecule has 1 saturated carbocycles. The number of amides is 1. The Bertz CT molecular complexity index is 863. The average molecular weight is 354 g/mol. The minimum Gasteiger partial charge on any atom is -0.341 e. The molecule has 5 nitrogen and oxygen atoms in total. The predicted molar refractivity (Wildman–Crippen MR) is 99.8 cm³/mol. The van der Waals surface area contributed by atoms with Crippen LogP contribution in [0.4, 0.5) is 0 Å². The van der Waals surface area contributed by atoms with E-state index in [0.29, 0.717) is 10.8 Å². The summed E-state index contributed by atoms with van der Waals surface area (Å²) in [6.07, 6.45) is 5.06. The van der Waals surface area contributed by atoms with Gasteiger partial charge in [0.2, 0.25) is 0 Å². The number of rotatable bonds is 6. The van der Waals surface area contributed by atoms with Crippen LogP contribution in [0.15, 0.2) is 30.5 Å². The molecule has 0 radical (unpaired) electrons. The quantitative estimate of drug-likeness (QED) is 0.688. The van der Waals surface area contributed by atoms with E-state index in [1.54, 1.807) is 6.20 Å². The zero-order chi connectivity index (χ0) is 17.4. The van der Waals surface area contributed by atoms with Gasteiger partial charge in [0, 0.05) is 5.92 Å². The summed E-state index contributed by atoms with van der Waals surface area (Å²) in [6.45, 7) is 4.27. The number of thiazole rings is 1. The Hall–Kier alpha value is -2.21. The second-order valence-corrected chi connectivity index (χ2v) is 7.88. The van der Waals surface area contributed by atoms with Crippen molar-refractivity contribution < 1.29 is 4.79 Å². The van der Waals surface area contributed by atoms with E-state index in [1.807, 2.05) is 24.3 Å². The van der Waals surface area contributed by atoms with Crippen LogP contribution in [0, 0.1) is 5.92 Å². The molecule has 2 N–H and O–H groups in total. The number of fused-ring (bicyclic) bond motifs is 1. The lowest BCUT2D eigenvalue weighted by molar-refractivity contribution is 0.0924. The number of carbonyl (C=O) groups excluding carboxylic acids is 1. The summed E-state index contributed by atoms with van der Waals surface area (Å²) in [5, 5.41) is 4.26. The maximum Gasteiger partial charge on any atom is 0.263 e. The van der Waals surface area contributed by atoms with Crippen molar-refractivity contribution in [3.8, 4) is 0 Å². The summed E-state index contributed by atoms with van der Waals surface area (Å²) >= 11 is 1.52. The van der Waals surface area contributed by atoms with Gasteiger partial charge in [0.25, 0.3) is 5.91 Å². The molecule has 3 aromatic rings. The van der Waals surface area contributed by atoms with E-state index in [2.05, 4.69) is 34.1 Å². The fraction of sp³-hybridized carbons (Fsp3) is 0.421. The highest BCUT2D eigenvalue weighted by Gasteiger charge is 2.29. The second-order valence-electron chi connectivity index (χ2n) is 6.81. The fourth-order valence-corrected chi connectivity index (χ4v) is 3.95. The second kappa shape index (κ2) is 6.59. The molecule has 0 saturated heterocycles. The number of imidazole rings is 1. The molecule has 1 amide bonds. The molecule has 1 aromatic carbocycles. The summed E-state index contributed by atoms with van der Waals surface area (Å²) in [4.78, 5) is 25.9. The zero-order valence-corrected chi connectivity index (χ0v) is 15.3. The largest absolute Gasteiger partial charge is 0.341 e. The topological polar surface area (TPSA) is 70.7 Å². The lowest BCUT2D eigenvalue weighted by atomic mass is 9.98. The third-order valence-electron chi connectivity index (χ3n) is 4.88. The minimum atomic E-state index is -0.142. The summed E-state index contributed by atoms with van der Waals surface area (Å²) < 4.78 is 0. The smallest absolute Gasteiger partial charge is 0.263 e.